The van der Waals surface area contributed by atoms with E-state index in [1.165, 1.54) is 0 Å². The molecule has 0 saturated heterocycles. The average molecular weight is 246 g/mol. The Labute approximate surface area is 101 Å². The maximum Gasteiger partial charge on any atom is 0.324 e. The minimum absolute atomic E-state index is 0.0493. The number of carboxylic acid groups (broad SMARTS) is 2. The van der Waals surface area contributed by atoms with Crippen molar-refractivity contribution in [3.8, 4) is 0 Å². The number of carboxylic acids is 2. The van der Waals surface area contributed by atoms with Crippen LogP contribution in [0.3, 0.4) is 0 Å². The highest BCUT2D eigenvalue weighted by molar-refractivity contribution is 5.99. The Morgan fingerprint density at radius 2 is 1.41 bits per heavy atom. The smallest absolute Gasteiger partial charge is 0.324 e. The first-order valence-corrected chi connectivity index (χ1v) is 6.01. The lowest BCUT2D eigenvalue weighted by Crippen LogP contribution is -2.57. The predicted octanol–water partition coefficient (Wildman–Crippen LogP) is 1.88. The van der Waals surface area contributed by atoms with Crippen molar-refractivity contribution < 1.29 is 24.9 Å². The van der Waals surface area contributed by atoms with Crippen molar-refractivity contribution in [3.63, 3.8) is 0 Å². The zero-order valence-corrected chi connectivity index (χ0v) is 10.7. The number of rotatable bonds is 8. The van der Waals surface area contributed by atoms with Crippen LogP contribution in [0, 0.1) is 5.41 Å². The van der Waals surface area contributed by atoms with Gasteiger partial charge in [-0.05, 0) is 19.3 Å². The normalized spacial score (nSPS) is 12.5. The lowest BCUT2D eigenvalue weighted by Gasteiger charge is -2.40. The molecule has 0 rings (SSSR count). The molecule has 0 aromatic heterocycles. The van der Waals surface area contributed by atoms with Gasteiger partial charge in [0.25, 0.3) is 0 Å². The molecular formula is C12H22O5. The monoisotopic (exact) mass is 246 g/mol. The topological polar surface area (TPSA) is 94.8 Å². The van der Waals surface area contributed by atoms with E-state index < -0.39 is 23.0 Å². The Bertz CT molecular complexity index is 267. The number of hydrogen-bond donors (Lipinski definition) is 3. The van der Waals surface area contributed by atoms with Crippen molar-refractivity contribution in [2.45, 2.75) is 58.5 Å². The molecule has 0 aliphatic carbocycles. The molecule has 3 N–H and O–H groups in total. The van der Waals surface area contributed by atoms with Gasteiger partial charge in [0, 0.05) is 0 Å². The number of aliphatic hydroxyl groups is 1. The summed E-state index contributed by atoms with van der Waals surface area (Å²) < 4.78 is 0. The predicted molar refractivity (Wildman–Crippen MR) is 62.8 cm³/mol. The lowest BCUT2D eigenvalue weighted by atomic mass is 9.66. The van der Waals surface area contributed by atoms with Crippen LogP contribution in [0.1, 0.15) is 52.9 Å². The third kappa shape index (κ3) is 2.60. The third-order valence-corrected chi connectivity index (χ3v) is 3.60. The summed E-state index contributed by atoms with van der Waals surface area (Å²) in [5, 5.41) is 28.9. The second kappa shape index (κ2) is 6.00. The van der Waals surface area contributed by atoms with Crippen molar-refractivity contribution in [3.05, 3.63) is 0 Å². The van der Waals surface area contributed by atoms with Gasteiger partial charge >= 0.3 is 11.9 Å². The molecule has 0 radical (unpaired) electrons. The summed E-state index contributed by atoms with van der Waals surface area (Å²) in [5.41, 5.74) is -3.81. The van der Waals surface area contributed by atoms with E-state index in [4.69, 9.17) is 0 Å². The first-order chi connectivity index (χ1) is 7.82. The number of hydrogen-bond acceptors (Lipinski definition) is 3. The van der Waals surface area contributed by atoms with Gasteiger partial charge in [0.15, 0.2) is 5.41 Å². The summed E-state index contributed by atoms with van der Waals surface area (Å²) >= 11 is 0. The van der Waals surface area contributed by atoms with E-state index in [1.54, 1.807) is 13.8 Å². The quantitative estimate of drug-likeness (QED) is 0.568. The van der Waals surface area contributed by atoms with E-state index in [-0.39, 0.29) is 19.3 Å². The molecule has 5 heteroatoms. The van der Waals surface area contributed by atoms with Gasteiger partial charge in [-0.1, -0.05) is 33.6 Å². The summed E-state index contributed by atoms with van der Waals surface area (Å²) in [6, 6.07) is 0. The molecule has 5 nitrogen and oxygen atoms in total. The van der Waals surface area contributed by atoms with Crippen LogP contribution in [0.5, 0.6) is 0 Å². The van der Waals surface area contributed by atoms with E-state index in [0.717, 1.165) is 0 Å². The van der Waals surface area contributed by atoms with Crippen molar-refractivity contribution in [2.24, 2.45) is 5.41 Å². The van der Waals surface area contributed by atoms with Crippen molar-refractivity contribution >= 4 is 11.9 Å². The fourth-order valence-corrected chi connectivity index (χ4v) is 2.23. The highest BCUT2D eigenvalue weighted by Crippen LogP contribution is 2.42. The van der Waals surface area contributed by atoms with Crippen LogP contribution in [0.4, 0.5) is 0 Å². The molecule has 0 amide bonds. The molecule has 0 aliphatic heterocycles. The number of carbonyl (C=O) groups is 2. The molecule has 0 saturated carbocycles. The summed E-state index contributed by atoms with van der Waals surface area (Å²) in [5.74, 6) is -2.91. The zero-order valence-electron chi connectivity index (χ0n) is 10.7. The van der Waals surface area contributed by atoms with Gasteiger partial charge in [-0.3, -0.25) is 9.59 Å². The minimum atomic E-state index is -2.10. The van der Waals surface area contributed by atoms with Crippen LogP contribution in [-0.4, -0.2) is 32.9 Å². The molecule has 0 fully saturated rings. The molecule has 100 valence electrons. The standard InChI is InChI=1S/C12H22O5/c1-4-7-8-12(9(13)14,10(15)16)11(17,5-2)6-3/h17H,4-8H2,1-3H3,(H,13,14)(H,15,16). The Kier molecular flexibility index (Phi) is 5.61. The van der Waals surface area contributed by atoms with Gasteiger partial charge in [0.1, 0.15) is 0 Å². The largest absolute Gasteiger partial charge is 0.480 e. The Morgan fingerprint density at radius 1 is 1.00 bits per heavy atom. The van der Waals surface area contributed by atoms with Gasteiger partial charge in [-0.2, -0.15) is 0 Å². The summed E-state index contributed by atoms with van der Waals surface area (Å²) in [6.45, 7) is 5.07. The number of unbranched alkanes of at least 4 members (excludes halogenated alkanes) is 1. The van der Waals surface area contributed by atoms with Gasteiger partial charge in [-0.25, -0.2) is 0 Å². The Hall–Kier alpha value is -1.10. The fraction of sp³-hybridized carbons (Fsp3) is 0.833. The molecule has 0 atom stereocenters. The highest BCUT2D eigenvalue weighted by Gasteiger charge is 2.59. The molecule has 0 unspecified atom stereocenters. The fourth-order valence-electron chi connectivity index (χ4n) is 2.23. The second-order valence-corrected chi connectivity index (χ2v) is 4.36. The van der Waals surface area contributed by atoms with E-state index >= 15 is 0 Å². The number of aliphatic carboxylic acids is 2. The van der Waals surface area contributed by atoms with Gasteiger partial charge in [-0.15, -0.1) is 0 Å². The van der Waals surface area contributed by atoms with E-state index in [0.29, 0.717) is 12.8 Å². The van der Waals surface area contributed by atoms with Gasteiger partial charge in [0.2, 0.25) is 0 Å². The van der Waals surface area contributed by atoms with Crippen LogP contribution in [0.25, 0.3) is 0 Å². The van der Waals surface area contributed by atoms with E-state index in [2.05, 4.69) is 0 Å². The molecule has 0 bridgehead atoms. The van der Waals surface area contributed by atoms with Crippen LogP contribution >= 0.6 is 0 Å². The summed E-state index contributed by atoms with van der Waals surface area (Å²) in [7, 11) is 0. The summed E-state index contributed by atoms with van der Waals surface area (Å²) in [6.07, 6.45) is 1.30. The first-order valence-electron chi connectivity index (χ1n) is 6.01. The van der Waals surface area contributed by atoms with E-state index in [9.17, 15) is 24.9 Å². The van der Waals surface area contributed by atoms with Gasteiger partial charge in [0.05, 0.1) is 5.60 Å². The molecule has 0 heterocycles. The van der Waals surface area contributed by atoms with Crippen LogP contribution in [-0.2, 0) is 9.59 Å². The second-order valence-electron chi connectivity index (χ2n) is 4.36. The lowest BCUT2D eigenvalue weighted by molar-refractivity contribution is -0.189. The van der Waals surface area contributed by atoms with Crippen LogP contribution in [0.2, 0.25) is 0 Å². The first kappa shape index (κ1) is 15.9. The molecule has 0 aromatic carbocycles. The molecule has 0 aliphatic rings. The van der Waals surface area contributed by atoms with Crippen LogP contribution < -0.4 is 0 Å². The molecule has 17 heavy (non-hydrogen) atoms. The maximum atomic E-state index is 11.4. The third-order valence-electron chi connectivity index (χ3n) is 3.60. The summed E-state index contributed by atoms with van der Waals surface area (Å²) in [4.78, 5) is 22.8. The SMILES string of the molecule is CCCCC(C(=O)O)(C(=O)O)C(O)(CC)CC. The maximum absolute atomic E-state index is 11.4. The van der Waals surface area contributed by atoms with Crippen molar-refractivity contribution in [2.75, 3.05) is 0 Å². The molecule has 0 aromatic rings. The van der Waals surface area contributed by atoms with E-state index in [1.807, 2.05) is 6.92 Å². The average Bonchev–Trinajstić information content (AvgIpc) is 2.28. The Balaban J connectivity index is 5.61. The van der Waals surface area contributed by atoms with Gasteiger partial charge < -0.3 is 15.3 Å². The van der Waals surface area contributed by atoms with Crippen molar-refractivity contribution in [1.29, 1.82) is 0 Å². The van der Waals surface area contributed by atoms with Crippen molar-refractivity contribution in [1.82, 2.24) is 0 Å². The minimum Gasteiger partial charge on any atom is -0.480 e. The molecular weight excluding hydrogens is 224 g/mol. The molecule has 0 spiro atoms. The van der Waals surface area contributed by atoms with Crippen LogP contribution in [0.15, 0.2) is 0 Å². The highest BCUT2D eigenvalue weighted by atomic mass is 16.4. The zero-order chi connectivity index (χ0) is 13.7. The Morgan fingerprint density at radius 3 is 1.65 bits per heavy atom.